The van der Waals surface area contributed by atoms with E-state index in [-0.39, 0.29) is 12.5 Å². The first-order valence-electron chi connectivity index (χ1n) is 8.73. The van der Waals surface area contributed by atoms with Crippen LogP contribution in [0.3, 0.4) is 0 Å². The van der Waals surface area contributed by atoms with E-state index in [1.807, 2.05) is 65.4 Å². The molecule has 0 aliphatic rings. The Hall–Kier alpha value is -3.60. The molecule has 0 saturated carbocycles. The lowest BCUT2D eigenvalue weighted by Crippen LogP contribution is -2.18. The molecular weight excluding hydrogens is 338 g/mol. The molecule has 0 aliphatic heterocycles. The lowest BCUT2D eigenvalue weighted by molar-refractivity contribution is -0.116. The van der Waals surface area contributed by atoms with Gasteiger partial charge >= 0.3 is 0 Å². The van der Waals surface area contributed by atoms with Crippen molar-refractivity contribution in [3.8, 4) is 5.75 Å². The van der Waals surface area contributed by atoms with Crippen LogP contribution in [0, 0.1) is 0 Å². The normalized spacial score (nSPS) is 10.7. The number of fused-ring (bicyclic) bond motifs is 1. The average Bonchev–Trinajstić information content (AvgIpc) is 3.10. The van der Waals surface area contributed by atoms with Gasteiger partial charge in [-0.05, 0) is 42.0 Å². The average molecular weight is 357 g/mol. The summed E-state index contributed by atoms with van der Waals surface area (Å²) in [5.74, 6) is 0.730. The number of amides is 1. The number of pyridine rings is 1. The Morgan fingerprint density at radius 1 is 1.00 bits per heavy atom. The van der Waals surface area contributed by atoms with Crippen LogP contribution in [0.4, 0.5) is 5.69 Å². The van der Waals surface area contributed by atoms with Gasteiger partial charge in [0, 0.05) is 35.2 Å². The molecule has 4 rings (SSSR count). The molecule has 4 aromatic rings. The van der Waals surface area contributed by atoms with Crippen LogP contribution in [0.2, 0.25) is 0 Å². The minimum absolute atomic E-state index is 0.0805. The van der Waals surface area contributed by atoms with E-state index in [0.29, 0.717) is 6.61 Å². The number of carbonyl (C=O) groups excluding carboxylic acids is 1. The van der Waals surface area contributed by atoms with Crippen LogP contribution in [0.5, 0.6) is 5.75 Å². The van der Waals surface area contributed by atoms with E-state index in [0.717, 1.165) is 27.9 Å². The topological polar surface area (TPSA) is 56.1 Å². The first-order chi connectivity index (χ1) is 13.3. The van der Waals surface area contributed by atoms with Crippen molar-refractivity contribution in [3.63, 3.8) is 0 Å². The second kappa shape index (κ2) is 7.74. The Bertz CT molecular complexity index is 1040. The number of hydrogen-bond donors (Lipinski definition) is 1. The highest BCUT2D eigenvalue weighted by Crippen LogP contribution is 2.23. The molecule has 0 spiro atoms. The van der Waals surface area contributed by atoms with E-state index in [1.54, 1.807) is 24.5 Å². The smallest absolute Gasteiger partial charge is 0.244 e. The van der Waals surface area contributed by atoms with Gasteiger partial charge in [0.25, 0.3) is 0 Å². The predicted molar refractivity (Wildman–Crippen MR) is 106 cm³/mol. The molecule has 0 aliphatic carbocycles. The SMILES string of the molecule is O=C(Cn1ccc2cc(OCc3ccccc3)ccc21)Nc1ccncc1. The Morgan fingerprint density at radius 3 is 2.63 bits per heavy atom. The van der Waals surface area contributed by atoms with E-state index in [1.165, 1.54) is 0 Å². The number of aromatic nitrogens is 2. The van der Waals surface area contributed by atoms with Crippen LogP contribution >= 0.6 is 0 Å². The first-order valence-corrected chi connectivity index (χ1v) is 8.73. The number of ether oxygens (including phenoxy) is 1. The molecule has 0 fully saturated rings. The van der Waals surface area contributed by atoms with Gasteiger partial charge < -0.3 is 14.6 Å². The van der Waals surface area contributed by atoms with Gasteiger partial charge in [-0.1, -0.05) is 30.3 Å². The molecule has 134 valence electrons. The van der Waals surface area contributed by atoms with Crippen LogP contribution in [0.25, 0.3) is 10.9 Å². The van der Waals surface area contributed by atoms with E-state index in [4.69, 9.17) is 4.74 Å². The van der Waals surface area contributed by atoms with Crippen LogP contribution in [0.15, 0.2) is 85.3 Å². The van der Waals surface area contributed by atoms with E-state index in [2.05, 4.69) is 10.3 Å². The number of benzene rings is 2. The summed E-state index contributed by atoms with van der Waals surface area (Å²) in [6, 6.07) is 21.5. The third kappa shape index (κ3) is 4.15. The molecule has 0 saturated heterocycles. The molecule has 2 aromatic carbocycles. The summed E-state index contributed by atoms with van der Waals surface area (Å²) < 4.78 is 7.80. The number of rotatable bonds is 6. The predicted octanol–water partition coefficient (Wildman–Crippen LogP) is 4.25. The molecule has 2 aromatic heterocycles. The van der Waals surface area contributed by atoms with Crippen LogP contribution in [0.1, 0.15) is 5.56 Å². The Kier molecular flexibility index (Phi) is 4.83. The lowest BCUT2D eigenvalue weighted by atomic mass is 10.2. The van der Waals surface area contributed by atoms with Crippen LogP contribution < -0.4 is 10.1 Å². The molecular formula is C22H19N3O2. The van der Waals surface area contributed by atoms with Gasteiger partial charge in [0.2, 0.25) is 5.91 Å². The summed E-state index contributed by atoms with van der Waals surface area (Å²) in [5, 5.41) is 3.91. The molecule has 5 heteroatoms. The summed E-state index contributed by atoms with van der Waals surface area (Å²) in [6.45, 7) is 0.775. The molecule has 0 unspecified atom stereocenters. The quantitative estimate of drug-likeness (QED) is 0.561. The zero-order valence-electron chi connectivity index (χ0n) is 14.7. The van der Waals surface area contributed by atoms with E-state index in [9.17, 15) is 4.79 Å². The molecule has 5 nitrogen and oxygen atoms in total. The zero-order chi connectivity index (χ0) is 18.5. The van der Waals surface area contributed by atoms with Crippen molar-refractivity contribution in [3.05, 3.63) is 90.9 Å². The summed E-state index contributed by atoms with van der Waals surface area (Å²) in [7, 11) is 0. The van der Waals surface area contributed by atoms with Crippen molar-refractivity contribution in [1.29, 1.82) is 0 Å². The van der Waals surface area contributed by atoms with E-state index >= 15 is 0 Å². The van der Waals surface area contributed by atoms with Gasteiger partial charge in [-0.2, -0.15) is 0 Å². The van der Waals surface area contributed by atoms with E-state index < -0.39 is 0 Å². The molecule has 27 heavy (non-hydrogen) atoms. The van der Waals surface area contributed by atoms with Crippen molar-refractivity contribution in [2.24, 2.45) is 0 Å². The number of anilines is 1. The van der Waals surface area contributed by atoms with Gasteiger partial charge in [-0.25, -0.2) is 0 Å². The van der Waals surface area contributed by atoms with Crippen molar-refractivity contribution < 1.29 is 9.53 Å². The molecule has 0 radical (unpaired) electrons. The second-order valence-electron chi connectivity index (χ2n) is 6.22. The van der Waals surface area contributed by atoms with Gasteiger partial charge in [0.05, 0.1) is 0 Å². The maximum atomic E-state index is 12.3. The highest BCUT2D eigenvalue weighted by atomic mass is 16.5. The van der Waals surface area contributed by atoms with Gasteiger partial charge in [0.15, 0.2) is 0 Å². The van der Waals surface area contributed by atoms with Crippen LogP contribution in [-0.2, 0) is 17.9 Å². The minimum atomic E-state index is -0.0805. The van der Waals surface area contributed by atoms with Gasteiger partial charge in [-0.3, -0.25) is 9.78 Å². The summed E-state index contributed by atoms with van der Waals surface area (Å²) in [6.07, 6.45) is 5.22. The lowest BCUT2D eigenvalue weighted by Gasteiger charge is -2.09. The van der Waals surface area contributed by atoms with Crippen molar-refractivity contribution in [2.75, 3.05) is 5.32 Å². The minimum Gasteiger partial charge on any atom is -0.489 e. The van der Waals surface area contributed by atoms with Crippen LogP contribution in [-0.4, -0.2) is 15.5 Å². The zero-order valence-corrected chi connectivity index (χ0v) is 14.7. The molecule has 0 atom stereocenters. The fourth-order valence-corrected chi connectivity index (χ4v) is 2.94. The fourth-order valence-electron chi connectivity index (χ4n) is 2.94. The summed E-state index contributed by atoms with van der Waals surface area (Å²) in [4.78, 5) is 16.2. The third-order valence-corrected chi connectivity index (χ3v) is 4.27. The summed E-state index contributed by atoms with van der Waals surface area (Å²) >= 11 is 0. The van der Waals surface area contributed by atoms with Crippen molar-refractivity contribution in [2.45, 2.75) is 13.2 Å². The summed E-state index contributed by atoms with van der Waals surface area (Å²) in [5.41, 5.74) is 2.86. The number of carbonyl (C=O) groups is 1. The monoisotopic (exact) mass is 357 g/mol. The number of hydrogen-bond acceptors (Lipinski definition) is 3. The number of nitrogens with one attached hydrogen (secondary N) is 1. The third-order valence-electron chi connectivity index (χ3n) is 4.27. The molecule has 1 amide bonds. The maximum absolute atomic E-state index is 12.3. The first kappa shape index (κ1) is 16.8. The van der Waals surface area contributed by atoms with Crippen molar-refractivity contribution in [1.82, 2.24) is 9.55 Å². The maximum Gasteiger partial charge on any atom is 0.244 e. The Balaban J connectivity index is 1.43. The number of nitrogens with zero attached hydrogens (tertiary/aromatic N) is 2. The van der Waals surface area contributed by atoms with Crippen molar-refractivity contribution >= 4 is 22.5 Å². The second-order valence-corrected chi connectivity index (χ2v) is 6.22. The highest BCUT2D eigenvalue weighted by molar-refractivity contribution is 5.92. The molecule has 1 N–H and O–H groups in total. The highest BCUT2D eigenvalue weighted by Gasteiger charge is 2.08. The largest absolute Gasteiger partial charge is 0.489 e. The molecule has 0 bridgehead atoms. The Morgan fingerprint density at radius 2 is 1.81 bits per heavy atom. The molecule has 2 heterocycles. The standard InChI is InChI=1S/C22H19N3O2/c26-22(24-19-8-11-23-12-9-19)15-25-13-10-18-14-20(6-7-21(18)25)27-16-17-4-2-1-3-5-17/h1-14H,15-16H2,(H,23,24,26). The van der Waals surface area contributed by atoms with Gasteiger partial charge in [0.1, 0.15) is 18.9 Å². The Labute approximate surface area is 157 Å². The fraction of sp³-hybridized carbons (Fsp3) is 0.0909. The van der Waals surface area contributed by atoms with Gasteiger partial charge in [-0.15, -0.1) is 0 Å².